The summed E-state index contributed by atoms with van der Waals surface area (Å²) in [4.78, 5) is 10.0. The summed E-state index contributed by atoms with van der Waals surface area (Å²) >= 11 is 6.06. The molecule has 0 spiro atoms. The van der Waals surface area contributed by atoms with Gasteiger partial charge in [0.15, 0.2) is 5.82 Å². The van der Waals surface area contributed by atoms with E-state index in [1.165, 1.54) is 6.33 Å². The van der Waals surface area contributed by atoms with Crippen LogP contribution < -0.4 is 10.6 Å². The van der Waals surface area contributed by atoms with Crippen LogP contribution in [0, 0.1) is 5.41 Å². The molecular weight excluding hydrogens is 228 g/mol. The number of aromatic nitrogens is 2. The molecule has 1 atom stereocenters. The topological polar surface area (TPSA) is 75.3 Å². The molecule has 2 heterocycles. The quantitative estimate of drug-likeness (QED) is 0.807. The van der Waals surface area contributed by atoms with Crippen molar-refractivity contribution in [3.05, 3.63) is 11.3 Å². The van der Waals surface area contributed by atoms with Crippen LogP contribution in [0.2, 0.25) is 5.02 Å². The molecule has 0 radical (unpaired) electrons. The van der Waals surface area contributed by atoms with Gasteiger partial charge in [-0.1, -0.05) is 18.5 Å². The molecule has 0 amide bonds. The van der Waals surface area contributed by atoms with Crippen LogP contribution in [0.3, 0.4) is 0 Å². The van der Waals surface area contributed by atoms with Crippen molar-refractivity contribution >= 4 is 23.2 Å². The number of nitrogen functional groups attached to an aromatic ring is 1. The van der Waals surface area contributed by atoms with Gasteiger partial charge in [0.05, 0.1) is 6.61 Å². The lowest BCUT2D eigenvalue weighted by Crippen LogP contribution is -2.28. The molecule has 1 aromatic rings. The number of hydrogen-bond donors (Lipinski definition) is 2. The van der Waals surface area contributed by atoms with E-state index >= 15 is 0 Å². The molecule has 0 unspecified atom stereocenters. The summed E-state index contributed by atoms with van der Waals surface area (Å²) in [5.74, 6) is 0.954. The van der Waals surface area contributed by atoms with Crippen LogP contribution >= 0.6 is 11.6 Å². The van der Waals surface area contributed by atoms with Crippen LogP contribution in [0.25, 0.3) is 0 Å². The first kappa shape index (κ1) is 11.4. The van der Waals surface area contributed by atoms with Gasteiger partial charge in [0.25, 0.3) is 0 Å². The Balaban J connectivity index is 2.24. The number of anilines is 2. The van der Waals surface area contributed by atoms with E-state index in [1.807, 2.05) is 11.8 Å². The van der Waals surface area contributed by atoms with Crippen molar-refractivity contribution in [3.8, 4) is 0 Å². The van der Waals surface area contributed by atoms with Crippen molar-refractivity contribution in [2.45, 2.75) is 13.3 Å². The Hall–Kier alpha value is -1.07. The third-order valence-corrected chi connectivity index (χ3v) is 3.40. The fraction of sp³-hybridized carbons (Fsp3) is 0.600. The summed E-state index contributed by atoms with van der Waals surface area (Å²) < 4.78 is 0. The summed E-state index contributed by atoms with van der Waals surface area (Å²) in [7, 11) is 0. The van der Waals surface area contributed by atoms with E-state index in [0.717, 1.165) is 19.5 Å². The fourth-order valence-electron chi connectivity index (χ4n) is 1.93. The maximum absolute atomic E-state index is 9.30. The average molecular weight is 243 g/mol. The molecule has 88 valence electrons. The van der Waals surface area contributed by atoms with Gasteiger partial charge in [-0.25, -0.2) is 9.97 Å². The monoisotopic (exact) mass is 242 g/mol. The molecule has 1 fully saturated rings. The van der Waals surface area contributed by atoms with Crippen LogP contribution in [0.4, 0.5) is 11.6 Å². The molecule has 5 nitrogen and oxygen atoms in total. The molecule has 6 heteroatoms. The number of aliphatic hydroxyl groups is 1. The van der Waals surface area contributed by atoms with Crippen molar-refractivity contribution in [1.29, 1.82) is 0 Å². The standard InChI is InChI=1S/C10H15ClN4O/c1-10(5-16)2-3-15(4-10)9-7(11)8(12)13-6-14-9/h6,16H,2-5H2,1H3,(H2,12,13,14)/t10-/m0/s1. The third-order valence-electron chi connectivity index (χ3n) is 3.04. The fourth-order valence-corrected chi connectivity index (χ4v) is 2.14. The zero-order chi connectivity index (χ0) is 11.8. The van der Waals surface area contributed by atoms with Crippen LogP contribution in [0.1, 0.15) is 13.3 Å². The second kappa shape index (κ2) is 4.07. The van der Waals surface area contributed by atoms with E-state index in [2.05, 4.69) is 9.97 Å². The first-order valence-electron chi connectivity index (χ1n) is 5.17. The predicted octanol–water partition coefficient (Wildman–Crippen LogP) is 0.921. The molecule has 0 aliphatic carbocycles. The second-order valence-corrected chi connectivity index (χ2v) is 4.91. The molecule has 16 heavy (non-hydrogen) atoms. The Labute approximate surface area is 99.3 Å². The first-order valence-corrected chi connectivity index (χ1v) is 5.55. The van der Waals surface area contributed by atoms with Gasteiger partial charge in [-0.05, 0) is 6.42 Å². The molecule has 2 rings (SSSR count). The van der Waals surface area contributed by atoms with Crippen LogP contribution in [-0.4, -0.2) is 34.8 Å². The lowest BCUT2D eigenvalue weighted by molar-refractivity contribution is 0.162. The first-order chi connectivity index (χ1) is 7.56. The van der Waals surface area contributed by atoms with Crippen LogP contribution in [0.15, 0.2) is 6.33 Å². The molecule has 1 aliphatic heterocycles. The van der Waals surface area contributed by atoms with Gasteiger partial charge in [0.1, 0.15) is 17.2 Å². The second-order valence-electron chi connectivity index (χ2n) is 4.54. The summed E-state index contributed by atoms with van der Waals surface area (Å²) in [6.07, 6.45) is 2.33. The number of nitrogens with two attached hydrogens (primary N) is 1. The van der Waals surface area contributed by atoms with Crippen molar-refractivity contribution < 1.29 is 5.11 Å². The molecule has 1 aromatic heterocycles. The highest BCUT2D eigenvalue weighted by Gasteiger charge is 2.34. The summed E-state index contributed by atoms with van der Waals surface area (Å²) in [6.45, 7) is 3.78. The number of nitrogens with zero attached hydrogens (tertiary/aromatic N) is 3. The van der Waals surface area contributed by atoms with E-state index in [0.29, 0.717) is 16.7 Å². The number of hydrogen-bond acceptors (Lipinski definition) is 5. The number of rotatable bonds is 2. The molecule has 1 aliphatic rings. The van der Waals surface area contributed by atoms with Crippen molar-refractivity contribution in [3.63, 3.8) is 0 Å². The number of halogens is 1. The molecule has 0 saturated carbocycles. The van der Waals surface area contributed by atoms with Gasteiger partial charge >= 0.3 is 0 Å². The van der Waals surface area contributed by atoms with Gasteiger partial charge in [0, 0.05) is 18.5 Å². The Morgan fingerprint density at radius 2 is 2.38 bits per heavy atom. The summed E-state index contributed by atoms with van der Waals surface area (Å²) in [6, 6.07) is 0. The summed E-state index contributed by atoms with van der Waals surface area (Å²) in [5, 5.41) is 9.69. The zero-order valence-electron chi connectivity index (χ0n) is 9.15. The van der Waals surface area contributed by atoms with Crippen molar-refractivity contribution in [2.75, 3.05) is 30.3 Å². The maximum atomic E-state index is 9.30. The molecule has 3 N–H and O–H groups in total. The van der Waals surface area contributed by atoms with Gasteiger partial charge in [-0.3, -0.25) is 0 Å². The Morgan fingerprint density at radius 1 is 1.62 bits per heavy atom. The van der Waals surface area contributed by atoms with Crippen molar-refractivity contribution in [2.24, 2.45) is 5.41 Å². The lowest BCUT2D eigenvalue weighted by Gasteiger charge is -2.23. The average Bonchev–Trinajstić information content (AvgIpc) is 2.66. The van der Waals surface area contributed by atoms with E-state index in [4.69, 9.17) is 17.3 Å². The van der Waals surface area contributed by atoms with Crippen molar-refractivity contribution in [1.82, 2.24) is 9.97 Å². The van der Waals surface area contributed by atoms with Gasteiger partial charge in [-0.15, -0.1) is 0 Å². The molecular formula is C10H15ClN4O. The smallest absolute Gasteiger partial charge is 0.153 e. The highest BCUT2D eigenvalue weighted by Crippen LogP contribution is 2.35. The predicted molar refractivity (Wildman–Crippen MR) is 63.5 cm³/mol. The van der Waals surface area contributed by atoms with E-state index < -0.39 is 0 Å². The minimum absolute atomic E-state index is 0.0803. The van der Waals surface area contributed by atoms with Crippen LogP contribution in [0.5, 0.6) is 0 Å². The number of aliphatic hydroxyl groups excluding tert-OH is 1. The third kappa shape index (κ3) is 1.92. The SMILES string of the molecule is C[C@]1(CO)CCN(c2ncnc(N)c2Cl)C1. The Bertz CT molecular complexity index is 400. The maximum Gasteiger partial charge on any atom is 0.153 e. The Kier molecular flexibility index (Phi) is 2.90. The Morgan fingerprint density at radius 3 is 3.00 bits per heavy atom. The normalized spacial score (nSPS) is 25.1. The van der Waals surface area contributed by atoms with E-state index in [-0.39, 0.29) is 12.0 Å². The lowest BCUT2D eigenvalue weighted by atomic mass is 9.91. The molecule has 1 saturated heterocycles. The molecule has 0 bridgehead atoms. The van der Waals surface area contributed by atoms with Gasteiger partial charge in [-0.2, -0.15) is 0 Å². The zero-order valence-corrected chi connectivity index (χ0v) is 9.91. The highest BCUT2D eigenvalue weighted by atomic mass is 35.5. The van der Waals surface area contributed by atoms with Gasteiger partial charge in [0.2, 0.25) is 0 Å². The van der Waals surface area contributed by atoms with Gasteiger partial charge < -0.3 is 15.7 Å². The van der Waals surface area contributed by atoms with E-state index in [1.54, 1.807) is 0 Å². The van der Waals surface area contributed by atoms with E-state index in [9.17, 15) is 5.11 Å². The van der Waals surface area contributed by atoms with Crippen LogP contribution in [-0.2, 0) is 0 Å². The minimum atomic E-state index is -0.0803. The molecule has 0 aromatic carbocycles. The highest BCUT2D eigenvalue weighted by molar-refractivity contribution is 6.35. The largest absolute Gasteiger partial charge is 0.396 e. The minimum Gasteiger partial charge on any atom is -0.396 e. The summed E-state index contributed by atoms with van der Waals surface area (Å²) in [5.41, 5.74) is 5.55.